The zero-order valence-electron chi connectivity index (χ0n) is 16.0. The van der Waals surface area contributed by atoms with Crippen LogP contribution in [0.2, 0.25) is 0 Å². The van der Waals surface area contributed by atoms with Gasteiger partial charge in [-0.1, -0.05) is 43.7 Å². The monoisotopic (exact) mass is 348 g/mol. The molecule has 0 saturated carbocycles. The minimum absolute atomic E-state index is 0.736. The molecule has 0 saturated heterocycles. The third kappa shape index (κ3) is 3.98. The molecule has 3 rings (SSSR count). The van der Waals surface area contributed by atoms with Gasteiger partial charge in [-0.25, -0.2) is 4.98 Å². The number of nitrogens with zero attached hydrogens (tertiary/aromatic N) is 2. The number of ether oxygens (including phenoxy) is 1. The maximum Gasteiger partial charge on any atom is 0.145 e. The Labute approximate surface area is 156 Å². The van der Waals surface area contributed by atoms with Crippen LogP contribution < -0.4 is 9.64 Å². The van der Waals surface area contributed by atoms with Crippen LogP contribution in [0.25, 0.3) is 22.2 Å². The lowest BCUT2D eigenvalue weighted by molar-refractivity contribution is 0.312. The van der Waals surface area contributed by atoms with Crippen molar-refractivity contribution in [2.45, 2.75) is 33.6 Å². The first kappa shape index (κ1) is 18.2. The van der Waals surface area contributed by atoms with Gasteiger partial charge in [0.2, 0.25) is 0 Å². The van der Waals surface area contributed by atoms with Crippen LogP contribution in [0, 0.1) is 0 Å². The lowest BCUT2D eigenvalue weighted by Crippen LogP contribution is -2.21. The van der Waals surface area contributed by atoms with E-state index >= 15 is 0 Å². The fraction of sp³-hybridized carbons (Fsp3) is 0.348. The number of pyridine rings is 1. The number of rotatable bonds is 8. The summed E-state index contributed by atoms with van der Waals surface area (Å²) in [5.74, 6) is 0.873. The minimum atomic E-state index is 0.736. The standard InChI is InChI=1S/C23H28N2O/c1-4-7-17-26-22-10-8-9-19-13-16-21(24-23(19)22)18-11-14-20(15-12-18)25(5-2)6-3/h8-16H,4-7,17H2,1-3H3. The van der Waals surface area contributed by atoms with Gasteiger partial charge >= 0.3 is 0 Å². The second-order valence-corrected chi connectivity index (χ2v) is 6.45. The Bertz CT molecular complexity index is 838. The molecule has 0 bridgehead atoms. The van der Waals surface area contributed by atoms with E-state index in [-0.39, 0.29) is 0 Å². The first-order valence-corrected chi connectivity index (χ1v) is 9.64. The predicted octanol–water partition coefficient (Wildman–Crippen LogP) is 5.93. The fourth-order valence-corrected chi connectivity index (χ4v) is 3.16. The lowest BCUT2D eigenvalue weighted by atomic mass is 10.1. The van der Waals surface area contributed by atoms with E-state index in [1.165, 1.54) is 5.69 Å². The Kier molecular flexibility index (Phi) is 6.11. The Morgan fingerprint density at radius 2 is 1.65 bits per heavy atom. The average molecular weight is 348 g/mol. The SMILES string of the molecule is CCCCOc1cccc2ccc(-c3ccc(N(CC)CC)cc3)nc12. The predicted molar refractivity (Wildman–Crippen MR) is 111 cm³/mol. The van der Waals surface area contributed by atoms with Gasteiger partial charge in [-0.3, -0.25) is 0 Å². The summed E-state index contributed by atoms with van der Waals surface area (Å²) in [4.78, 5) is 7.24. The van der Waals surface area contributed by atoms with Gasteiger partial charge < -0.3 is 9.64 Å². The molecule has 3 heteroatoms. The number of anilines is 1. The zero-order valence-corrected chi connectivity index (χ0v) is 16.0. The van der Waals surface area contributed by atoms with Gasteiger partial charge in [0.05, 0.1) is 12.3 Å². The van der Waals surface area contributed by atoms with E-state index in [9.17, 15) is 0 Å². The van der Waals surface area contributed by atoms with Crippen molar-refractivity contribution < 1.29 is 4.74 Å². The van der Waals surface area contributed by atoms with Crippen LogP contribution in [0.3, 0.4) is 0 Å². The number of fused-ring (bicyclic) bond motifs is 1. The van der Waals surface area contributed by atoms with Crippen LogP contribution in [-0.2, 0) is 0 Å². The molecule has 0 unspecified atom stereocenters. The topological polar surface area (TPSA) is 25.4 Å². The van der Waals surface area contributed by atoms with Gasteiger partial charge in [0.1, 0.15) is 11.3 Å². The van der Waals surface area contributed by atoms with Crippen molar-refractivity contribution in [1.29, 1.82) is 0 Å². The van der Waals surface area contributed by atoms with Crippen molar-refractivity contribution in [3.8, 4) is 17.0 Å². The molecule has 2 aromatic carbocycles. The molecule has 1 aromatic heterocycles. The van der Waals surface area contributed by atoms with Gasteiger partial charge in [-0.15, -0.1) is 0 Å². The van der Waals surface area contributed by atoms with E-state index in [1.54, 1.807) is 0 Å². The third-order valence-electron chi connectivity index (χ3n) is 4.73. The molecule has 0 spiro atoms. The Hall–Kier alpha value is -2.55. The molecule has 26 heavy (non-hydrogen) atoms. The van der Waals surface area contributed by atoms with Crippen molar-refractivity contribution in [3.05, 3.63) is 54.6 Å². The molecule has 1 heterocycles. The van der Waals surface area contributed by atoms with Crippen LogP contribution in [-0.4, -0.2) is 24.7 Å². The number of hydrogen-bond acceptors (Lipinski definition) is 3. The zero-order chi connectivity index (χ0) is 18.4. The highest BCUT2D eigenvalue weighted by atomic mass is 16.5. The molecule has 0 amide bonds. The first-order chi connectivity index (χ1) is 12.8. The van der Waals surface area contributed by atoms with E-state index in [4.69, 9.17) is 9.72 Å². The molecular formula is C23H28N2O. The van der Waals surface area contributed by atoms with Gasteiger partial charge in [0.15, 0.2) is 0 Å². The van der Waals surface area contributed by atoms with Crippen LogP contribution in [0.1, 0.15) is 33.6 Å². The number of para-hydroxylation sites is 1. The summed E-state index contributed by atoms with van der Waals surface area (Å²) in [6.07, 6.45) is 2.19. The molecule has 0 fully saturated rings. The fourth-order valence-electron chi connectivity index (χ4n) is 3.16. The van der Waals surface area contributed by atoms with Gasteiger partial charge in [-0.05, 0) is 44.5 Å². The number of benzene rings is 2. The number of unbranched alkanes of at least 4 members (excludes halogenated alkanes) is 1. The van der Waals surface area contributed by atoms with Crippen LogP contribution in [0.5, 0.6) is 5.75 Å². The summed E-state index contributed by atoms with van der Waals surface area (Å²) < 4.78 is 5.96. The molecule has 0 N–H and O–H groups in total. The average Bonchev–Trinajstić information content (AvgIpc) is 2.69. The van der Waals surface area contributed by atoms with E-state index < -0.39 is 0 Å². The Morgan fingerprint density at radius 3 is 2.35 bits per heavy atom. The van der Waals surface area contributed by atoms with E-state index in [1.807, 2.05) is 12.1 Å². The molecule has 0 aliphatic rings. The summed E-state index contributed by atoms with van der Waals surface area (Å²) in [5.41, 5.74) is 4.30. The summed E-state index contributed by atoms with van der Waals surface area (Å²) in [6.45, 7) is 9.31. The summed E-state index contributed by atoms with van der Waals surface area (Å²) >= 11 is 0. The van der Waals surface area contributed by atoms with E-state index in [0.717, 1.165) is 60.4 Å². The highest BCUT2D eigenvalue weighted by molar-refractivity contribution is 5.86. The number of hydrogen-bond donors (Lipinski definition) is 0. The molecule has 0 radical (unpaired) electrons. The second kappa shape index (κ2) is 8.70. The van der Waals surface area contributed by atoms with Crippen molar-refractivity contribution >= 4 is 16.6 Å². The molecule has 0 atom stereocenters. The summed E-state index contributed by atoms with van der Waals surface area (Å²) in [6, 6.07) is 19.0. The van der Waals surface area contributed by atoms with Crippen LogP contribution >= 0.6 is 0 Å². The van der Waals surface area contributed by atoms with Crippen molar-refractivity contribution in [1.82, 2.24) is 4.98 Å². The molecule has 0 aliphatic carbocycles. The molecular weight excluding hydrogens is 320 g/mol. The highest BCUT2D eigenvalue weighted by Gasteiger charge is 2.08. The van der Waals surface area contributed by atoms with Gasteiger partial charge in [0, 0.05) is 29.7 Å². The Morgan fingerprint density at radius 1 is 0.885 bits per heavy atom. The van der Waals surface area contributed by atoms with E-state index in [0.29, 0.717) is 0 Å². The molecule has 0 aliphatic heterocycles. The third-order valence-corrected chi connectivity index (χ3v) is 4.73. The molecule has 3 aromatic rings. The first-order valence-electron chi connectivity index (χ1n) is 9.64. The van der Waals surface area contributed by atoms with Gasteiger partial charge in [-0.2, -0.15) is 0 Å². The summed E-state index contributed by atoms with van der Waals surface area (Å²) in [7, 11) is 0. The largest absolute Gasteiger partial charge is 0.491 e. The minimum Gasteiger partial charge on any atom is -0.491 e. The van der Waals surface area contributed by atoms with Crippen LogP contribution in [0.4, 0.5) is 5.69 Å². The van der Waals surface area contributed by atoms with Crippen molar-refractivity contribution in [2.24, 2.45) is 0 Å². The maximum absolute atomic E-state index is 5.96. The molecule has 136 valence electrons. The highest BCUT2D eigenvalue weighted by Crippen LogP contribution is 2.28. The number of aromatic nitrogens is 1. The van der Waals surface area contributed by atoms with Crippen LogP contribution in [0.15, 0.2) is 54.6 Å². The molecule has 3 nitrogen and oxygen atoms in total. The second-order valence-electron chi connectivity index (χ2n) is 6.45. The summed E-state index contributed by atoms with van der Waals surface area (Å²) in [5, 5.41) is 1.11. The maximum atomic E-state index is 5.96. The smallest absolute Gasteiger partial charge is 0.145 e. The van der Waals surface area contributed by atoms with Gasteiger partial charge in [0.25, 0.3) is 0 Å². The quantitative estimate of drug-likeness (QED) is 0.472. The normalized spacial score (nSPS) is 10.9. The lowest BCUT2D eigenvalue weighted by Gasteiger charge is -2.21. The van der Waals surface area contributed by atoms with E-state index in [2.05, 4.69) is 68.1 Å². The van der Waals surface area contributed by atoms with Crippen molar-refractivity contribution in [2.75, 3.05) is 24.6 Å². The van der Waals surface area contributed by atoms with Crippen molar-refractivity contribution in [3.63, 3.8) is 0 Å². The Balaban J connectivity index is 1.91.